The Hall–Kier alpha value is -2.73. The molecule has 2 N–H and O–H groups in total. The third kappa shape index (κ3) is 3.21. The average molecular weight is 367 g/mol. The van der Waals surface area contributed by atoms with E-state index in [4.69, 9.17) is 0 Å². The SMILES string of the molecule is CCC(=O)N1CCc2cc(C(=O)Nc3ccc4c(c3F)CCNC4)ccc21. The second-order valence-corrected chi connectivity index (χ2v) is 6.94. The maximum Gasteiger partial charge on any atom is 0.255 e. The number of nitrogens with zero attached hydrogens (tertiary/aromatic N) is 1. The predicted molar refractivity (Wildman–Crippen MR) is 103 cm³/mol. The van der Waals surface area contributed by atoms with Crippen molar-refractivity contribution in [2.45, 2.75) is 32.7 Å². The Morgan fingerprint density at radius 2 is 2.04 bits per heavy atom. The predicted octanol–water partition coefficient (Wildman–Crippen LogP) is 3.02. The van der Waals surface area contributed by atoms with Crippen LogP contribution in [0.5, 0.6) is 0 Å². The van der Waals surface area contributed by atoms with Crippen LogP contribution in [0.1, 0.15) is 40.4 Å². The first-order valence-corrected chi connectivity index (χ1v) is 9.34. The minimum absolute atomic E-state index is 0.0802. The van der Waals surface area contributed by atoms with Gasteiger partial charge in [-0.25, -0.2) is 4.39 Å². The van der Waals surface area contributed by atoms with Gasteiger partial charge in [0.15, 0.2) is 0 Å². The van der Waals surface area contributed by atoms with Crippen molar-refractivity contribution >= 4 is 23.2 Å². The van der Waals surface area contributed by atoms with Gasteiger partial charge in [0.1, 0.15) is 5.82 Å². The molecular formula is C21H22FN3O2. The van der Waals surface area contributed by atoms with Crippen LogP contribution in [-0.2, 0) is 24.2 Å². The van der Waals surface area contributed by atoms with Crippen molar-refractivity contribution in [3.8, 4) is 0 Å². The van der Waals surface area contributed by atoms with Crippen LogP contribution >= 0.6 is 0 Å². The van der Waals surface area contributed by atoms with Gasteiger partial charge >= 0.3 is 0 Å². The van der Waals surface area contributed by atoms with Crippen molar-refractivity contribution in [2.24, 2.45) is 0 Å². The Kier molecular flexibility index (Phi) is 4.66. The Labute approximate surface area is 157 Å². The fourth-order valence-corrected chi connectivity index (χ4v) is 3.82. The summed E-state index contributed by atoms with van der Waals surface area (Å²) in [6.45, 7) is 3.86. The number of hydrogen-bond acceptors (Lipinski definition) is 3. The average Bonchev–Trinajstić information content (AvgIpc) is 3.13. The molecule has 5 nitrogen and oxygen atoms in total. The highest BCUT2D eigenvalue weighted by Gasteiger charge is 2.25. The second-order valence-electron chi connectivity index (χ2n) is 6.94. The molecule has 2 aromatic carbocycles. The van der Waals surface area contributed by atoms with Gasteiger partial charge in [0.25, 0.3) is 5.91 Å². The molecule has 0 saturated heterocycles. The molecule has 0 spiro atoms. The molecule has 140 valence electrons. The third-order valence-electron chi connectivity index (χ3n) is 5.30. The maximum atomic E-state index is 14.7. The topological polar surface area (TPSA) is 61.4 Å². The standard InChI is InChI=1S/C21H22FN3O2/c1-2-19(26)25-10-8-13-11-14(4-6-18(13)25)21(27)24-17-5-3-15-12-23-9-7-16(15)20(17)22/h3-6,11,23H,2,7-10,12H2,1H3,(H,24,27). The zero-order valence-corrected chi connectivity index (χ0v) is 15.3. The molecule has 2 aliphatic rings. The van der Waals surface area contributed by atoms with Crippen molar-refractivity contribution in [1.82, 2.24) is 5.32 Å². The maximum absolute atomic E-state index is 14.7. The Balaban J connectivity index is 1.55. The second kappa shape index (κ2) is 7.12. The highest BCUT2D eigenvalue weighted by Crippen LogP contribution is 2.30. The van der Waals surface area contributed by atoms with Gasteiger partial charge in [0, 0.05) is 30.8 Å². The van der Waals surface area contributed by atoms with E-state index in [1.165, 1.54) is 0 Å². The fraction of sp³-hybridized carbons (Fsp3) is 0.333. The first-order valence-electron chi connectivity index (χ1n) is 9.34. The van der Waals surface area contributed by atoms with Crippen molar-refractivity contribution in [3.05, 3.63) is 58.4 Å². The van der Waals surface area contributed by atoms with E-state index >= 15 is 0 Å². The van der Waals surface area contributed by atoms with Gasteiger partial charge < -0.3 is 15.5 Å². The van der Waals surface area contributed by atoms with Crippen LogP contribution in [0.15, 0.2) is 30.3 Å². The summed E-state index contributed by atoms with van der Waals surface area (Å²) in [6, 6.07) is 8.77. The summed E-state index contributed by atoms with van der Waals surface area (Å²) in [5, 5.41) is 5.91. The summed E-state index contributed by atoms with van der Waals surface area (Å²) >= 11 is 0. The summed E-state index contributed by atoms with van der Waals surface area (Å²) in [4.78, 5) is 26.4. The van der Waals surface area contributed by atoms with E-state index in [-0.39, 0.29) is 23.3 Å². The lowest BCUT2D eigenvalue weighted by molar-refractivity contribution is -0.118. The summed E-state index contributed by atoms with van der Waals surface area (Å²) < 4.78 is 14.7. The molecule has 27 heavy (non-hydrogen) atoms. The van der Waals surface area contributed by atoms with Crippen molar-refractivity contribution < 1.29 is 14.0 Å². The number of rotatable bonds is 3. The number of benzene rings is 2. The number of nitrogens with one attached hydrogen (secondary N) is 2. The van der Waals surface area contributed by atoms with E-state index in [1.54, 1.807) is 29.2 Å². The highest BCUT2D eigenvalue weighted by atomic mass is 19.1. The van der Waals surface area contributed by atoms with Gasteiger partial charge in [-0.15, -0.1) is 0 Å². The molecule has 0 atom stereocenters. The summed E-state index contributed by atoms with van der Waals surface area (Å²) in [5.74, 6) is -0.606. The molecule has 0 radical (unpaired) electrons. The van der Waals surface area contributed by atoms with Gasteiger partial charge in [-0.3, -0.25) is 9.59 Å². The molecule has 0 bridgehead atoms. The smallest absolute Gasteiger partial charge is 0.255 e. The van der Waals surface area contributed by atoms with Crippen LogP contribution in [0.4, 0.5) is 15.8 Å². The minimum Gasteiger partial charge on any atom is -0.319 e. The Bertz CT molecular complexity index is 926. The van der Waals surface area contributed by atoms with Crippen molar-refractivity contribution in [1.29, 1.82) is 0 Å². The van der Waals surface area contributed by atoms with E-state index < -0.39 is 0 Å². The van der Waals surface area contributed by atoms with E-state index in [0.717, 1.165) is 29.8 Å². The first-order chi connectivity index (χ1) is 13.1. The van der Waals surface area contributed by atoms with Crippen LogP contribution in [-0.4, -0.2) is 24.9 Å². The third-order valence-corrected chi connectivity index (χ3v) is 5.30. The quantitative estimate of drug-likeness (QED) is 0.877. The molecule has 2 aromatic rings. The van der Waals surface area contributed by atoms with Crippen LogP contribution in [0.2, 0.25) is 0 Å². The molecule has 0 aromatic heterocycles. The highest BCUT2D eigenvalue weighted by molar-refractivity contribution is 6.05. The molecular weight excluding hydrogens is 345 g/mol. The molecule has 0 aliphatic carbocycles. The van der Waals surface area contributed by atoms with E-state index in [9.17, 15) is 14.0 Å². The zero-order chi connectivity index (χ0) is 19.0. The molecule has 2 aliphatic heterocycles. The number of carbonyl (C=O) groups excluding carboxylic acids is 2. The van der Waals surface area contributed by atoms with Gasteiger partial charge in [-0.1, -0.05) is 13.0 Å². The van der Waals surface area contributed by atoms with Crippen molar-refractivity contribution in [2.75, 3.05) is 23.3 Å². The zero-order valence-electron chi connectivity index (χ0n) is 15.3. The molecule has 4 rings (SSSR count). The monoisotopic (exact) mass is 367 g/mol. The lowest BCUT2D eigenvalue weighted by Crippen LogP contribution is -2.27. The van der Waals surface area contributed by atoms with E-state index in [0.29, 0.717) is 37.1 Å². The number of fused-ring (bicyclic) bond motifs is 2. The molecule has 0 saturated carbocycles. The number of carbonyl (C=O) groups is 2. The summed E-state index contributed by atoms with van der Waals surface area (Å²) in [7, 11) is 0. The molecule has 2 amide bonds. The van der Waals surface area contributed by atoms with Crippen LogP contribution in [0.3, 0.4) is 0 Å². The lowest BCUT2D eigenvalue weighted by atomic mass is 9.99. The number of amides is 2. The molecule has 2 heterocycles. The van der Waals surface area contributed by atoms with Gasteiger partial charge in [0.2, 0.25) is 5.91 Å². The molecule has 0 unspecified atom stereocenters. The van der Waals surface area contributed by atoms with Crippen LogP contribution in [0, 0.1) is 5.82 Å². The number of anilines is 2. The molecule has 0 fully saturated rings. The minimum atomic E-state index is -0.344. The van der Waals surface area contributed by atoms with E-state index in [1.807, 2.05) is 13.0 Å². The lowest BCUT2D eigenvalue weighted by Gasteiger charge is -2.19. The Morgan fingerprint density at radius 3 is 2.85 bits per heavy atom. The largest absolute Gasteiger partial charge is 0.319 e. The van der Waals surface area contributed by atoms with Crippen LogP contribution in [0.25, 0.3) is 0 Å². The number of halogens is 1. The van der Waals surface area contributed by atoms with Gasteiger partial charge in [-0.05, 0) is 60.3 Å². The van der Waals surface area contributed by atoms with E-state index in [2.05, 4.69) is 10.6 Å². The van der Waals surface area contributed by atoms with Gasteiger partial charge in [-0.2, -0.15) is 0 Å². The van der Waals surface area contributed by atoms with Crippen molar-refractivity contribution in [3.63, 3.8) is 0 Å². The van der Waals surface area contributed by atoms with Gasteiger partial charge in [0.05, 0.1) is 5.69 Å². The first kappa shape index (κ1) is 17.7. The summed E-state index contributed by atoms with van der Waals surface area (Å²) in [5.41, 5.74) is 4.14. The number of hydrogen-bond donors (Lipinski definition) is 2. The molecule has 6 heteroatoms. The Morgan fingerprint density at radius 1 is 1.19 bits per heavy atom. The normalized spacial score (nSPS) is 15.3. The summed E-state index contributed by atoms with van der Waals surface area (Å²) in [6.07, 6.45) is 1.79. The fourth-order valence-electron chi connectivity index (χ4n) is 3.82. The van der Waals surface area contributed by atoms with Crippen LogP contribution < -0.4 is 15.5 Å².